The molecule has 1 amide bonds. The van der Waals surface area contributed by atoms with Crippen LogP contribution in [0.2, 0.25) is 0 Å². The molecule has 0 bridgehead atoms. The van der Waals surface area contributed by atoms with Crippen LogP contribution in [-0.4, -0.2) is 20.0 Å². The summed E-state index contributed by atoms with van der Waals surface area (Å²) in [6.45, 7) is 2.40. The number of oxazole rings is 1. The molecule has 7 heteroatoms. The number of imidazole rings is 1. The van der Waals surface area contributed by atoms with Crippen LogP contribution in [0.4, 0.5) is 0 Å². The van der Waals surface area contributed by atoms with Crippen LogP contribution in [0, 0.1) is 0 Å². The van der Waals surface area contributed by atoms with Crippen LogP contribution in [0.5, 0.6) is 0 Å². The third kappa shape index (κ3) is 4.13. The van der Waals surface area contributed by atoms with Crippen molar-refractivity contribution in [3.63, 3.8) is 0 Å². The van der Waals surface area contributed by atoms with E-state index in [0.717, 1.165) is 16.8 Å². The van der Waals surface area contributed by atoms with E-state index >= 15 is 0 Å². The van der Waals surface area contributed by atoms with Crippen molar-refractivity contribution >= 4 is 17.0 Å². The third-order valence-electron chi connectivity index (χ3n) is 4.93. The van der Waals surface area contributed by atoms with Crippen molar-refractivity contribution in [3.8, 4) is 5.69 Å². The van der Waals surface area contributed by atoms with E-state index in [-0.39, 0.29) is 11.9 Å². The van der Waals surface area contributed by atoms with Crippen molar-refractivity contribution in [3.05, 3.63) is 83.4 Å². The number of carbonyl (C=O) groups excluding carboxylic acids is 1. The largest absolute Gasteiger partial charge is 0.419 e. The highest BCUT2D eigenvalue weighted by molar-refractivity contribution is 5.76. The Labute approximate surface area is 167 Å². The first kappa shape index (κ1) is 18.7. The number of amides is 1. The normalized spacial score (nSPS) is 12.2. The lowest BCUT2D eigenvalue weighted by Gasteiger charge is -2.15. The summed E-state index contributed by atoms with van der Waals surface area (Å²) in [4.78, 5) is 28.3. The monoisotopic (exact) mass is 390 g/mol. The number of hydrogen-bond donors (Lipinski definition) is 1. The van der Waals surface area contributed by atoms with Gasteiger partial charge in [0, 0.05) is 31.0 Å². The lowest BCUT2D eigenvalue weighted by Crippen LogP contribution is -2.27. The maximum Gasteiger partial charge on any atom is 0.419 e. The molecule has 0 saturated heterocycles. The van der Waals surface area contributed by atoms with Crippen LogP contribution in [0.1, 0.15) is 31.4 Å². The smallest absolute Gasteiger partial charge is 0.408 e. The molecule has 7 nitrogen and oxygen atoms in total. The zero-order valence-corrected chi connectivity index (χ0v) is 16.1. The van der Waals surface area contributed by atoms with Gasteiger partial charge in [-0.2, -0.15) is 0 Å². The molecule has 2 heterocycles. The Kier molecular flexibility index (Phi) is 5.29. The number of nitrogens with one attached hydrogen (secondary N) is 1. The van der Waals surface area contributed by atoms with Crippen LogP contribution in [-0.2, 0) is 11.3 Å². The van der Waals surface area contributed by atoms with Gasteiger partial charge in [-0.15, -0.1) is 0 Å². The molecule has 4 rings (SSSR count). The lowest BCUT2D eigenvalue weighted by atomic mass is 10.1. The summed E-state index contributed by atoms with van der Waals surface area (Å²) in [5.41, 5.74) is 3.36. The molecule has 1 atom stereocenters. The van der Waals surface area contributed by atoms with Crippen LogP contribution in [0.15, 0.2) is 76.5 Å². The van der Waals surface area contributed by atoms with Crippen molar-refractivity contribution in [2.45, 2.75) is 32.4 Å². The van der Waals surface area contributed by atoms with E-state index in [9.17, 15) is 9.59 Å². The summed E-state index contributed by atoms with van der Waals surface area (Å²) in [7, 11) is 0. The fourth-order valence-electron chi connectivity index (χ4n) is 3.37. The van der Waals surface area contributed by atoms with Gasteiger partial charge in [0.05, 0.1) is 17.9 Å². The highest BCUT2D eigenvalue weighted by atomic mass is 16.4. The molecule has 2 aromatic carbocycles. The van der Waals surface area contributed by atoms with Crippen molar-refractivity contribution in [1.82, 2.24) is 19.4 Å². The van der Waals surface area contributed by atoms with Crippen molar-refractivity contribution in [2.75, 3.05) is 0 Å². The first-order chi connectivity index (χ1) is 14.1. The zero-order chi connectivity index (χ0) is 20.2. The van der Waals surface area contributed by atoms with Gasteiger partial charge in [-0.05, 0) is 43.2 Å². The predicted octanol–water partition coefficient (Wildman–Crippen LogP) is 3.44. The minimum absolute atomic E-state index is 0.0444. The van der Waals surface area contributed by atoms with Crippen LogP contribution in [0.25, 0.3) is 16.8 Å². The SMILES string of the molecule is C[C@@H](NC(=O)CCCn1c(=O)oc2ccccc21)c1ccc(-n2ccnc2)cc1. The number of rotatable bonds is 7. The molecule has 4 aromatic rings. The molecule has 0 radical (unpaired) electrons. The Bertz CT molecular complexity index is 1160. The number of nitrogens with zero attached hydrogens (tertiary/aromatic N) is 3. The van der Waals surface area contributed by atoms with E-state index in [0.29, 0.717) is 25.0 Å². The summed E-state index contributed by atoms with van der Waals surface area (Å²) < 4.78 is 8.71. The fraction of sp³-hybridized carbons (Fsp3) is 0.227. The zero-order valence-electron chi connectivity index (χ0n) is 16.1. The van der Waals surface area contributed by atoms with E-state index in [1.165, 1.54) is 0 Å². The fourth-order valence-corrected chi connectivity index (χ4v) is 3.37. The van der Waals surface area contributed by atoms with Crippen molar-refractivity contribution in [2.24, 2.45) is 0 Å². The Morgan fingerprint density at radius 1 is 1.17 bits per heavy atom. The minimum Gasteiger partial charge on any atom is -0.408 e. The number of aryl methyl sites for hydroxylation is 1. The Morgan fingerprint density at radius 3 is 2.72 bits per heavy atom. The standard InChI is InChI=1S/C22H22N4O3/c1-16(17-8-10-18(11-9-17)25-14-12-23-15-25)24-21(27)7-4-13-26-19-5-2-3-6-20(19)29-22(26)28/h2-3,5-6,8-12,14-16H,4,7,13H2,1H3,(H,24,27)/t16-/m1/s1. The minimum atomic E-state index is -0.391. The van der Waals surface area contributed by atoms with E-state index in [2.05, 4.69) is 10.3 Å². The number of carbonyl (C=O) groups is 1. The Hall–Kier alpha value is -3.61. The van der Waals surface area contributed by atoms with Gasteiger partial charge < -0.3 is 14.3 Å². The highest BCUT2D eigenvalue weighted by Gasteiger charge is 2.12. The molecule has 1 N–H and O–H groups in total. The second-order valence-electron chi connectivity index (χ2n) is 6.94. The van der Waals surface area contributed by atoms with Gasteiger partial charge in [-0.25, -0.2) is 9.78 Å². The second-order valence-corrected chi connectivity index (χ2v) is 6.94. The Morgan fingerprint density at radius 2 is 1.97 bits per heavy atom. The molecule has 0 aliphatic rings. The average Bonchev–Trinajstić information content (AvgIpc) is 3.36. The third-order valence-corrected chi connectivity index (χ3v) is 4.93. The number of aromatic nitrogens is 3. The molecule has 0 aliphatic heterocycles. The van der Waals surface area contributed by atoms with Crippen LogP contribution < -0.4 is 11.1 Å². The van der Waals surface area contributed by atoms with E-state index in [4.69, 9.17) is 4.42 Å². The highest BCUT2D eigenvalue weighted by Crippen LogP contribution is 2.16. The summed E-state index contributed by atoms with van der Waals surface area (Å²) in [5.74, 6) is -0.435. The van der Waals surface area contributed by atoms with Gasteiger partial charge in [-0.3, -0.25) is 9.36 Å². The molecule has 0 aliphatic carbocycles. The van der Waals surface area contributed by atoms with Crippen molar-refractivity contribution < 1.29 is 9.21 Å². The summed E-state index contributed by atoms with van der Waals surface area (Å²) in [6.07, 6.45) is 6.26. The topological polar surface area (TPSA) is 82.1 Å². The average molecular weight is 390 g/mol. The molecule has 0 spiro atoms. The molecule has 2 aromatic heterocycles. The number of hydrogen-bond acceptors (Lipinski definition) is 4. The molecule has 0 saturated carbocycles. The summed E-state index contributed by atoms with van der Waals surface area (Å²) in [5, 5.41) is 3.01. The van der Waals surface area contributed by atoms with Crippen LogP contribution >= 0.6 is 0 Å². The predicted molar refractivity (Wildman–Crippen MR) is 110 cm³/mol. The molecule has 0 fully saturated rings. The van der Waals surface area contributed by atoms with Crippen molar-refractivity contribution in [1.29, 1.82) is 0 Å². The van der Waals surface area contributed by atoms with Gasteiger partial charge in [0.25, 0.3) is 0 Å². The molecule has 148 valence electrons. The van der Waals surface area contributed by atoms with E-state index < -0.39 is 5.76 Å². The van der Waals surface area contributed by atoms with Gasteiger partial charge >= 0.3 is 5.76 Å². The Balaban J connectivity index is 1.31. The molecular formula is C22H22N4O3. The summed E-state index contributed by atoms with van der Waals surface area (Å²) in [6, 6.07) is 15.2. The first-order valence-electron chi connectivity index (χ1n) is 9.58. The van der Waals surface area contributed by atoms with Gasteiger partial charge in [-0.1, -0.05) is 24.3 Å². The van der Waals surface area contributed by atoms with Gasteiger partial charge in [0.15, 0.2) is 5.58 Å². The summed E-state index contributed by atoms with van der Waals surface area (Å²) >= 11 is 0. The first-order valence-corrected chi connectivity index (χ1v) is 9.58. The number of fused-ring (bicyclic) bond motifs is 1. The van der Waals surface area contributed by atoms with E-state index in [1.54, 1.807) is 23.2 Å². The molecule has 0 unspecified atom stereocenters. The molecular weight excluding hydrogens is 368 g/mol. The maximum absolute atomic E-state index is 12.3. The van der Waals surface area contributed by atoms with Gasteiger partial charge in [0.2, 0.25) is 5.91 Å². The van der Waals surface area contributed by atoms with Crippen LogP contribution in [0.3, 0.4) is 0 Å². The second kappa shape index (κ2) is 8.18. The molecule has 29 heavy (non-hydrogen) atoms. The van der Waals surface area contributed by atoms with Gasteiger partial charge in [0.1, 0.15) is 0 Å². The quantitative estimate of drug-likeness (QED) is 0.524. The maximum atomic E-state index is 12.3. The number of benzene rings is 2. The lowest BCUT2D eigenvalue weighted by molar-refractivity contribution is -0.121. The van der Waals surface area contributed by atoms with E-state index in [1.807, 2.05) is 60.2 Å². The number of para-hydroxylation sites is 2.